The van der Waals surface area contributed by atoms with E-state index < -0.39 is 0 Å². The van der Waals surface area contributed by atoms with Crippen LogP contribution in [-0.2, 0) is 11.8 Å². The largest absolute Gasteiger partial charge is 0.465 e. The molecule has 1 aromatic carbocycles. The Morgan fingerprint density at radius 2 is 1.96 bits per heavy atom. The van der Waals surface area contributed by atoms with Gasteiger partial charge in [-0.1, -0.05) is 42.7 Å². The Kier molecular flexibility index (Phi) is 4.91. The summed E-state index contributed by atoms with van der Waals surface area (Å²) in [5, 5.41) is 5.48. The minimum Gasteiger partial charge on any atom is -0.465 e. The van der Waals surface area contributed by atoms with Gasteiger partial charge in [-0.2, -0.15) is 5.10 Å². The van der Waals surface area contributed by atoms with Crippen molar-refractivity contribution in [2.75, 3.05) is 7.11 Å². The number of nitrogens with zero attached hydrogens (tertiary/aromatic N) is 3. The third-order valence-corrected chi connectivity index (χ3v) is 5.19. The molecule has 1 aliphatic carbocycles. The van der Waals surface area contributed by atoms with E-state index in [1.807, 2.05) is 23.9 Å². The highest BCUT2D eigenvalue weighted by atomic mass is 32.1. The Morgan fingerprint density at radius 1 is 1.26 bits per heavy atom. The van der Waals surface area contributed by atoms with Crippen LogP contribution in [0.4, 0.5) is 0 Å². The van der Waals surface area contributed by atoms with E-state index in [0.29, 0.717) is 11.6 Å². The van der Waals surface area contributed by atoms with E-state index in [4.69, 9.17) is 9.73 Å². The number of ether oxygens (including phenoxy) is 1. The monoisotopic (exact) mass is 331 g/mol. The maximum absolute atomic E-state index is 11.5. The fourth-order valence-electron chi connectivity index (χ4n) is 2.81. The zero-order valence-corrected chi connectivity index (χ0v) is 14.3. The SMILES string of the molecule is COC(=O)c1ccc(-c2nn(C)c(=NC3CCCCC3)s2)cc1. The van der Waals surface area contributed by atoms with Gasteiger partial charge in [-0.25, -0.2) is 9.48 Å². The van der Waals surface area contributed by atoms with E-state index in [-0.39, 0.29) is 5.97 Å². The lowest BCUT2D eigenvalue weighted by Crippen LogP contribution is -2.18. The lowest BCUT2D eigenvalue weighted by Gasteiger charge is -2.16. The minimum atomic E-state index is -0.325. The molecule has 0 N–H and O–H groups in total. The van der Waals surface area contributed by atoms with Crippen molar-refractivity contribution in [2.45, 2.75) is 38.1 Å². The second kappa shape index (κ2) is 7.08. The quantitative estimate of drug-likeness (QED) is 0.812. The van der Waals surface area contributed by atoms with Crippen LogP contribution in [0.15, 0.2) is 29.3 Å². The van der Waals surface area contributed by atoms with Crippen molar-refractivity contribution in [2.24, 2.45) is 12.0 Å². The first kappa shape index (κ1) is 15.9. The van der Waals surface area contributed by atoms with Gasteiger partial charge in [0.15, 0.2) is 0 Å². The molecule has 122 valence electrons. The molecule has 0 aliphatic heterocycles. The van der Waals surface area contributed by atoms with Gasteiger partial charge in [0.2, 0.25) is 4.80 Å². The molecule has 0 bridgehead atoms. The predicted octanol–water partition coefficient (Wildman–Crippen LogP) is 3.17. The van der Waals surface area contributed by atoms with Crippen LogP contribution in [0, 0.1) is 0 Å². The molecule has 0 saturated heterocycles. The number of aryl methyl sites for hydroxylation is 1. The van der Waals surface area contributed by atoms with Crippen molar-refractivity contribution in [3.63, 3.8) is 0 Å². The molecular weight excluding hydrogens is 310 g/mol. The lowest BCUT2D eigenvalue weighted by molar-refractivity contribution is 0.0601. The molecule has 0 atom stereocenters. The summed E-state index contributed by atoms with van der Waals surface area (Å²) in [5.74, 6) is -0.325. The zero-order chi connectivity index (χ0) is 16.2. The molecule has 0 amide bonds. The average molecular weight is 331 g/mol. The molecule has 6 heteroatoms. The maximum atomic E-state index is 11.5. The van der Waals surface area contributed by atoms with Gasteiger partial charge in [0, 0.05) is 12.6 Å². The second-order valence-electron chi connectivity index (χ2n) is 5.80. The first-order valence-electron chi connectivity index (χ1n) is 7.94. The third-order valence-electron chi connectivity index (χ3n) is 4.13. The Morgan fingerprint density at radius 3 is 2.61 bits per heavy atom. The molecule has 0 spiro atoms. The van der Waals surface area contributed by atoms with E-state index in [1.54, 1.807) is 23.5 Å². The van der Waals surface area contributed by atoms with Crippen molar-refractivity contribution >= 4 is 17.3 Å². The summed E-state index contributed by atoms with van der Waals surface area (Å²) in [6.45, 7) is 0. The molecule has 1 saturated carbocycles. The summed E-state index contributed by atoms with van der Waals surface area (Å²) in [6, 6.07) is 7.76. The highest BCUT2D eigenvalue weighted by Gasteiger charge is 2.13. The number of aromatic nitrogens is 2. The number of hydrogen-bond acceptors (Lipinski definition) is 5. The van der Waals surface area contributed by atoms with Crippen molar-refractivity contribution in [3.8, 4) is 10.6 Å². The first-order valence-corrected chi connectivity index (χ1v) is 8.76. The van der Waals surface area contributed by atoms with Crippen LogP contribution in [0.5, 0.6) is 0 Å². The number of carbonyl (C=O) groups excluding carboxylic acids is 1. The average Bonchev–Trinajstić information content (AvgIpc) is 2.96. The maximum Gasteiger partial charge on any atom is 0.337 e. The van der Waals surface area contributed by atoms with Crippen LogP contribution >= 0.6 is 11.3 Å². The second-order valence-corrected chi connectivity index (χ2v) is 6.76. The summed E-state index contributed by atoms with van der Waals surface area (Å²) in [7, 11) is 3.32. The van der Waals surface area contributed by atoms with E-state index >= 15 is 0 Å². The highest BCUT2D eigenvalue weighted by molar-refractivity contribution is 7.12. The molecule has 1 aliphatic rings. The van der Waals surface area contributed by atoms with E-state index in [9.17, 15) is 4.79 Å². The predicted molar refractivity (Wildman–Crippen MR) is 90.3 cm³/mol. The summed E-state index contributed by atoms with van der Waals surface area (Å²) in [4.78, 5) is 17.3. The zero-order valence-electron chi connectivity index (χ0n) is 13.5. The van der Waals surface area contributed by atoms with Crippen LogP contribution in [0.25, 0.3) is 10.6 Å². The molecule has 1 heterocycles. The van der Waals surface area contributed by atoms with Gasteiger partial charge in [0.25, 0.3) is 0 Å². The van der Waals surface area contributed by atoms with Crippen molar-refractivity contribution in [1.29, 1.82) is 0 Å². The molecule has 23 heavy (non-hydrogen) atoms. The number of methoxy groups -OCH3 is 1. The van der Waals surface area contributed by atoms with Gasteiger partial charge in [0.1, 0.15) is 5.01 Å². The van der Waals surface area contributed by atoms with Gasteiger partial charge in [-0.05, 0) is 25.0 Å². The van der Waals surface area contributed by atoms with Crippen LogP contribution in [0.3, 0.4) is 0 Å². The van der Waals surface area contributed by atoms with Crippen LogP contribution < -0.4 is 4.80 Å². The fraction of sp³-hybridized carbons (Fsp3) is 0.471. The standard InChI is InChI=1S/C17H21N3O2S/c1-20-17(18-14-6-4-3-5-7-14)23-15(19-20)12-8-10-13(11-9-12)16(21)22-2/h8-11,14H,3-7H2,1-2H3. The van der Waals surface area contributed by atoms with Gasteiger partial charge in [-0.15, -0.1) is 0 Å². The fourth-order valence-corrected chi connectivity index (χ4v) is 3.78. The summed E-state index contributed by atoms with van der Waals surface area (Å²) in [6.07, 6.45) is 6.25. The van der Waals surface area contributed by atoms with E-state index in [1.165, 1.54) is 39.2 Å². The molecule has 0 unspecified atom stereocenters. The van der Waals surface area contributed by atoms with Gasteiger partial charge in [0.05, 0.1) is 18.7 Å². The number of esters is 1. The molecule has 2 aromatic rings. The summed E-state index contributed by atoms with van der Waals surface area (Å²) in [5.41, 5.74) is 1.53. The van der Waals surface area contributed by atoms with E-state index in [0.717, 1.165) is 15.4 Å². The highest BCUT2D eigenvalue weighted by Crippen LogP contribution is 2.22. The Balaban J connectivity index is 1.85. The Labute approximate surface area is 139 Å². The number of rotatable bonds is 3. The third kappa shape index (κ3) is 3.69. The van der Waals surface area contributed by atoms with Crippen LogP contribution in [-0.4, -0.2) is 28.9 Å². The normalized spacial score (nSPS) is 16.5. The summed E-state index contributed by atoms with van der Waals surface area (Å²) >= 11 is 1.60. The summed E-state index contributed by atoms with van der Waals surface area (Å²) < 4.78 is 6.57. The molecular formula is C17H21N3O2S. The van der Waals surface area contributed by atoms with E-state index in [2.05, 4.69) is 5.10 Å². The number of hydrogen-bond donors (Lipinski definition) is 0. The Hall–Kier alpha value is -1.95. The molecule has 5 nitrogen and oxygen atoms in total. The van der Waals surface area contributed by atoms with Crippen molar-refractivity contribution < 1.29 is 9.53 Å². The number of benzene rings is 1. The smallest absolute Gasteiger partial charge is 0.337 e. The molecule has 1 fully saturated rings. The van der Waals surface area contributed by atoms with Gasteiger partial charge in [-0.3, -0.25) is 4.99 Å². The molecule has 3 rings (SSSR count). The van der Waals surface area contributed by atoms with Crippen molar-refractivity contribution in [3.05, 3.63) is 34.6 Å². The lowest BCUT2D eigenvalue weighted by atomic mass is 9.96. The molecule has 0 radical (unpaired) electrons. The minimum absolute atomic E-state index is 0.325. The van der Waals surface area contributed by atoms with Gasteiger partial charge >= 0.3 is 5.97 Å². The Bertz CT molecular complexity index is 740. The van der Waals surface area contributed by atoms with Gasteiger partial charge < -0.3 is 4.74 Å². The number of carbonyl (C=O) groups is 1. The van der Waals surface area contributed by atoms with Crippen molar-refractivity contribution in [1.82, 2.24) is 9.78 Å². The topological polar surface area (TPSA) is 56.5 Å². The van der Waals surface area contributed by atoms with Crippen LogP contribution in [0.1, 0.15) is 42.5 Å². The van der Waals surface area contributed by atoms with Crippen LogP contribution in [0.2, 0.25) is 0 Å². The molecule has 1 aromatic heterocycles. The first-order chi connectivity index (χ1) is 11.2.